The van der Waals surface area contributed by atoms with Gasteiger partial charge in [-0.05, 0) is 21.2 Å². The van der Waals surface area contributed by atoms with Gasteiger partial charge in [0.05, 0.1) is 5.34 Å². The van der Waals surface area contributed by atoms with Crippen LogP contribution in [0.3, 0.4) is 0 Å². The van der Waals surface area contributed by atoms with Crippen molar-refractivity contribution in [3.63, 3.8) is 0 Å². The molecule has 6 aromatic rings. The zero-order chi connectivity index (χ0) is 28.9. The Labute approximate surface area is 326 Å². The maximum Gasteiger partial charge on any atom is 2.00 e. The molecule has 0 aliphatic carbocycles. The fourth-order valence-corrected chi connectivity index (χ4v) is 9.54. The molecule has 10 heteroatoms. The maximum absolute atomic E-state index is 6.39. The average molecular weight is 886 g/mol. The van der Waals surface area contributed by atoms with Crippen LogP contribution in [0.2, 0.25) is 10.0 Å². The predicted octanol–water partition coefficient (Wildman–Crippen LogP) is 3.06. The first-order valence-corrected chi connectivity index (χ1v) is 17.4. The summed E-state index contributed by atoms with van der Waals surface area (Å²) in [5, 5.41) is 9.39. The van der Waals surface area contributed by atoms with Gasteiger partial charge in [0.25, 0.3) is 0 Å². The molecule has 0 aliphatic rings. The molecular weight excluding hydrogens is 857 g/mol. The molecule has 45 heavy (non-hydrogen) atoms. The zero-order valence-electron chi connectivity index (χ0n) is 23.6. The smallest absolute Gasteiger partial charge is 1.00 e. The second kappa shape index (κ2) is 24.5. The zero-order valence-corrected chi connectivity index (χ0v) is 32.5. The van der Waals surface area contributed by atoms with E-state index in [4.69, 9.17) is 46.4 Å². The molecule has 0 radical (unpaired) electrons. The monoisotopic (exact) mass is 882 g/mol. The molecule has 0 atom stereocenters. The molecular formula is C35H28Cl6FeP2Pd. The van der Waals surface area contributed by atoms with Crippen LogP contribution in [0, 0.1) is 0 Å². The minimum absolute atomic E-state index is 0. The molecule has 0 nitrogen and oxygen atoms in total. The van der Waals surface area contributed by atoms with Crippen LogP contribution in [-0.4, -0.2) is 5.34 Å². The first-order chi connectivity index (χ1) is 20.1. The van der Waals surface area contributed by atoms with E-state index >= 15 is 0 Å². The normalized spacial score (nSPS) is 9.56. The van der Waals surface area contributed by atoms with Crippen LogP contribution in [0.25, 0.3) is 0 Å². The molecule has 0 amide bonds. The summed E-state index contributed by atoms with van der Waals surface area (Å²) in [6.45, 7) is 0. The Balaban J connectivity index is 0.000000734. The van der Waals surface area contributed by atoms with Gasteiger partial charge >= 0.3 is 37.5 Å². The van der Waals surface area contributed by atoms with Crippen LogP contribution < -0.4 is 56.6 Å². The summed E-state index contributed by atoms with van der Waals surface area (Å²) >= 11 is 22.0. The van der Waals surface area contributed by atoms with E-state index in [1.807, 2.05) is 24.3 Å². The number of halogens is 6. The van der Waals surface area contributed by atoms with Crippen LogP contribution in [-0.2, 0) is 37.5 Å². The van der Waals surface area contributed by atoms with E-state index in [9.17, 15) is 0 Å². The van der Waals surface area contributed by atoms with Crippen LogP contribution in [0.1, 0.15) is 0 Å². The van der Waals surface area contributed by atoms with E-state index in [-0.39, 0.29) is 67.6 Å². The molecule has 0 unspecified atom stereocenters. The molecule has 0 aromatic heterocycles. The summed E-state index contributed by atoms with van der Waals surface area (Å²) < 4.78 is 0. The minimum atomic E-state index is -0.662. The van der Waals surface area contributed by atoms with E-state index in [1.54, 1.807) is 0 Å². The molecule has 0 fully saturated rings. The fraction of sp³-hybridized carbons (Fsp3) is 0.0286. The van der Waals surface area contributed by atoms with Crippen molar-refractivity contribution < 1.29 is 62.3 Å². The van der Waals surface area contributed by atoms with Crippen molar-refractivity contribution in [2.45, 2.75) is 0 Å². The third-order valence-electron chi connectivity index (χ3n) is 6.02. The van der Waals surface area contributed by atoms with Crippen LogP contribution in [0.4, 0.5) is 0 Å². The Morgan fingerprint density at radius 2 is 0.911 bits per heavy atom. The summed E-state index contributed by atoms with van der Waals surface area (Å²) in [6.07, 6.45) is 0. The van der Waals surface area contributed by atoms with Crippen molar-refractivity contribution in [1.29, 1.82) is 0 Å². The Kier molecular flexibility index (Phi) is 24.1. The number of hydrogen-bond donors (Lipinski definition) is 0. The molecule has 6 aromatic carbocycles. The quantitative estimate of drug-likeness (QED) is 0.105. The third-order valence-corrected chi connectivity index (χ3v) is 11.9. The van der Waals surface area contributed by atoms with Crippen LogP contribution >= 0.6 is 62.2 Å². The summed E-state index contributed by atoms with van der Waals surface area (Å²) in [7, 11) is -1.07. The van der Waals surface area contributed by atoms with Gasteiger partial charge in [-0.1, -0.05) is 147 Å². The van der Waals surface area contributed by atoms with Crippen molar-refractivity contribution in [2.75, 3.05) is 5.34 Å². The number of benzene rings is 4. The molecule has 0 heterocycles. The molecule has 0 saturated heterocycles. The first kappa shape index (κ1) is 44.4. The SMILES string of the molecule is ClCCl.Clc1c(P(c2ccccc2)c2ccccc2)cc[c-]1Cl.[Cl-].[Cl-].[Fe+2].[Pd+2].c1ccc(P(c2ccccc2)c2cc[cH-]c2)cc1. The Hall–Kier alpha value is -0.638. The molecule has 0 spiro atoms. The average Bonchev–Trinajstić information content (AvgIpc) is 3.67. The van der Waals surface area contributed by atoms with Gasteiger partial charge in [0.15, 0.2) is 0 Å². The van der Waals surface area contributed by atoms with Gasteiger partial charge in [0, 0.05) is 0 Å². The van der Waals surface area contributed by atoms with Gasteiger partial charge in [-0.3, -0.25) is 0 Å². The van der Waals surface area contributed by atoms with Crippen molar-refractivity contribution in [3.8, 4) is 0 Å². The van der Waals surface area contributed by atoms with E-state index in [0.717, 1.165) is 5.30 Å². The van der Waals surface area contributed by atoms with Crippen LogP contribution in [0.5, 0.6) is 0 Å². The topological polar surface area (TPSA) is 0 Å². The van der Waals surface area contributed by atoms with E-state index < -0.39 is 15.8 Å². The van der Waals surface area contributed by atoms with E-state index in [2.05, 4.69) is 133 Å². The maximum atomic E-state index is 6.39. The van der Waals surface area contributed by atoms with Gasteiger partial charge in [0.1, 0.15) is 0 Å². The van der Waals surface area contributed by atoms with Gasteiger partial charge in [-0.15, -0.1) is 40.1 Å². The molecule has 0 saturated carbocycles. The molecule has 0 aliphatic heterocycles. The third kappa shape index (κ3) is 13.1. The van der Waals surface area contributed by atoms with E-state index in [0.29, 0.717) is 10.0 Å². The van der Waals surface area contributed by atoms with Crippen molar-refractivity contribution in [1.82, 2.24) is 0 Å². The second-order valence-electron chi connectivity index (χ2n) is 8.64. The Morgan fingerprint density at radius 3 is 1.20 bits per heavy atom. The Morgan fingerprint density at radius 1 is 0.556 bits per heavy atom. The number of hydrogen-bond acceptors (Lipinski definition) is 0. The molecule has 238 valence electrons. The summed E-state index contributed by atoms with van der Waals surface area (Å²) in [6, 6.07) is 55.1. The summed E-state index contributed by atoms with van der Waals surface area (Å²) in [5.74, 6) is 0. The van der Waals surface area contributed by atoms with Gasteiger partial charge in [-0.2, -0.15) is 41.2 Å². The van der Waals surface area contributed by atoms with Gasteiger partial charge in [-0.25, -0.2) is 12.1 Å². The van der Waals surface area contributed by atoms with Crippen molar-refractivity contribution in [3.05, 3.63) is 168 Å². The van der Waals surface area contributed by atoms with Gasteiger partial charge < -0.3 is 24.8 Å². The molecule has 0 N–H and O–H groups in total. The first-order valence-electron chi connectivity index (χ1n) is 12.9. The van der Waals surface area contributed by atoms with E-state index in [1.165, 1.54) is 26.5 Å². The minimum Gasteiger partial charge on any atom is -1.00 e. The Bertz CT molecular complexity index is 1480. The number of alkyl halides is 2. The second-order valence-corrected chi connectivity index (χ2v) is 14.6. The van der Waals surface area contributed by atoms with Crippen molar-refractivity contribution in [2.24, 2.45) is 0 Å². The molecule has 0 bridgehead atoms. The largest absolute Gasteiger partial charge is 2.00 e. The summed E-state index contributed by atoms with van der Waals surface area (Å²) in [4.78, 5) is 0. The number of rotatable bonds is 6. The van der Waals surface area contributed by atoms with Crippen molar-refractivity contribution >= 4 is 94.1 Å². The standard InChI is InChI=1S/C17H12Cl2P.C17H14P.CH2Cl2.2ClH.Fe.Pd/c18-15-11-12-16(17(15)19)20(13-7-3-1-4-8-13)14-9-5-2-6-10-14;1-3-9-15(10-4-1)18(17-13-7-8-14-17)16-11-5-2-6-12-16;2-1-3;;;;/h1-12H;1-14H;1H2;2*1H;;/q2*-1;;;;2*+2/p-2. The van der Waals surface area contributed by atoms with Gasteiger partial charge in [0.2, 0.25) is 0 Å². The van der Waals surface area contributed by atoms with Crippen LogP contribution in [0.15, 0.2) is 158 Å². The fourth-order valence-electron chi connectivity index (χ4n) is 4.29. The molecule has 6 rings (SSSR count). The predicted molar refractivity (Wildman–Crippen MR) is 188 cm³/mol. The summed E-state index contributed by atoms with van der Waals surface area (Å²) in [5.41, 5.74) is 0.